The van der Waals surface area contributed by atoms with Crippen LogP contribution in [0.25, 0.3) is 10.9 Å². The van der Waals surface area contributed by atoms with Crippen LogP contribution in [0, 0.1) is 0 Å². The molecule has 1 unspecified atom stereocenters. The zero-order valence-corrected chi connectivity index (χ0v) is 12.5. The molecule has 1 aromatic heterocycles. The van der Waals surface area contributed by atoms with E-state index in [4.69, 9.17) is 0 Å². The smallest absolute Gasteiger partial charge is 0.251 e. The number of aliphatic hydroxyl groups excluding tert-OH is 1. The third kappa shape index (κ3) is 2.76. The molecule has 108 valence electrons. The molecule has 6 heteroatoms. The van der Waals surface area contributed by atoms with Crippen LogP contribution in [0.5, 0.6) is 0 Å². The number of hydrogen-bond acceptors (Lipinski definition) is 3. The molecule has 0 aliphatic carbocycles. The van der Waals surface area contributed by atoms with Gasteiger partial charge in [-0.25, -0.2) is 0 Å². The summed E-state index contributed by atoms with van der Waals surface area (Å²) in [7, 11) is 0.458. The summed E-state index contributed by atoms with van der Waals surface area (Å²) in [4.78, 5) is 12.4. The van der Waals surface area contributed by atoms with Gasteiger partial charge in [0.15, 0.2) is 0 Å². The Kier molecular flexibility index (Phi) is 4.25. The first-order valence-electron chi connectivity index (χ1n) is 6.30. The van der Waals surface area contributed by atoms with E-state index in [9.17, 15) is 14.1 Å². The lowest BCUT2D eigenvalue weighted by Gasteiger charge is -2.08. The Bertz CT molecular complexity index is 676. The lowest BCUT2D eigenvalue weighted by molar-refractivity contribution is 0.0963. The SMILES string of the molecule is CNC(=O)c1ccc2c(S(C)=O)cn(C[C@H](C)O)c2c1. The van der Waals surface area contributed by atoms with E-state index in [0.29, 0.717) is 17.0 Å². The molecule has 5 nitrogen and oxygen atoms in total. The molecule has 1 amide bonds. The second kappa shape index (κ2) is 5.76. The fraction of sp³-hybridized carbons (Fsp3) is 0.357. The van der Waals surface area contributed by atoms with Crippen molar-refractivity contribution in [1.82, 2.24) is 9.88 Å². The van der Waals surface area contributed by atoms with Crippen molar-refractivity contribution in [3.8, 4) is 0 Å². The third-order valence-corrected chi connectivity index (χ3v) is 4.05. The van der Waals surface area contributed by atoms with E-state index < -0.39 is 16.9 Å². The van der Waals surface area contributed by atoms with E-state index in [-0.39, 0.29) is 5.91 Å². The molecule has 20 heavy (non-hydrogen) atoms. The Balaban J connectivity index is 2.64. The maximum atomic E-state index is 11.8. The van der Waals surface area contributed by atoms with Gasteiger partial charge in [0.1, 0.15) is 0 Å². The number of rotatable bonds is 4. The third-order valence-electron chi connectivity index (χ3n) is 3.11. The second-order valence-electron chi connectivity index (χ2n) is 4.76. The highest BCUT2D eigenvalue weighted by atomic mass is 32.2. The van der Waals surface area contributed by atoms with Crippen molar-refractivity contribution in [3.63, 3.8) is 0 Å². The van der Waals surface area contributed by atoms with Gasteiger partial charge in [0.05, 0.1) is 27.3 Å². The lowest BCUT2D eigenvalue weighted by atomic mass is 10.1. The Hall–Kier alpha value is -1.66. The lowest BCUT2D eigenvalue weighted by Crippen LogP contribution is -2.17. The van der Waals surface area contributed by atoms with Gasteiger partial charge in [-0.2, -0.15) is 0 Å². The van der Waals surface area contributed by atoms with Gasteiger partial charge in [0, 0.05) is 37.0 Å². The molecule has 2 aromatic rings. The van der Waals surface area contributed by atoms with Gasteiger partial charge in [-0.1, -0.05) is 6.07 Å². The van der Waals surface area contributed by atoms with Crippen molar-refractivity contribution in [3.05, 3.63) is 30.0 Å². The van der Waals surface area contributed by atoms with Crippen molar-refractivity contribution < 1.29 is 14.1 Å². The highest BCUT2D eigenvalue weighted by molar-refractivity contribution is 7.84. The van der Waals surface area contributed by atoms with Crippen molar-refractivity contribution in [2.24, 2.45) is 0 Å². The molecule has 0 fully saturated rings. The van der Waals surface area contributed by atoms with Gasteiger partial charge in [-0.15, -0.1) is 0 Å². The molecule has 2 rings (SSSR count). The van der Waals surface area contributed by atoms with Crippen molar-refractivity contribution in [2.45, 2.75) is 24.5 Å². The highest BCUT2D eigenvalue weighted by Gasteiger charge is 2.14. The van der Waals surface area contributed by atoms with Crippen molar-refractivity contribution in [2.75, 3.05) is 13.3 Å². The standard InChI is InChI=1S/C14H18N2O3S/c1-9(17)7-16-8-13(20(3)19)11-5-4-10(6-12(11)16)14(18)15-2/h4-6,8-9,17H,7H2,1-3H3,(H,15,18)/t9-,20?/m0/s1. The Morgan fingerprint density at radius 3 is 2.75 bits per heavy atom. The van der Waals surface area contributed by atoms with Gasteiger partial charge < -0.3 is 15.0 Å². The second-order valence-corrected chi connectivity index (χ2v) is 6.11. The zero-order valence-electron chi connectivity index (χ0n) is 11.7. The molecular formula is C14H18N2O3S. The maximum Gasteiger partial charge on any atom is 0.251 e. The predicted molar refractivity (Wildman–Crippen MR) is 79.3 cm³/mol. The minimum atomic E-state index is -1.12. The normalized spacial score (nSPS) is 14.2. The van der Waals surface area contributed by atoms with Gasteiger partial charge >= 0.3 is 0 Å². The Morgan fingerprint density at radius 1 is 1.50 bits per heavy atom. The number of benzene rings is 1. The van der Waals surface area contributed by atoms with Crippen LogP contribution in [0.4, 0.5) is 0 Å². The van der Waals surface area contributed by atoms with Gasteiger partial charge in [0.2, 0.25) is 0 Å². The Labute approximate surface area is 120 Å². The van der Waals surface area contributed by atoms with Gasteiger partial charge in [-0.05, 0) is 19.1 Å². The molecular weight excluding hydrogens is 276 g/mol. The quantitative estimate of drug-likeness (QED) is 0.887. The van der Waals surface area contributed by atoms with E-state index in [2.05, 4.69) is 5.32 Å². The average molecular weight is 294 g/mol. The summed E-state index contributed by atoms with van der Waals surface area (Å²) in [5, 5.41) is 13.0. The molecule has 0 saturated heterocycles. The summed E-state index contributed by atoms with van der Waals surface area (Å²) in [5.74, 6) is -0.170. The van der Waals surface area contributed by atoms with Crippen molar-refractivity contribution >= 4 is 27.6 Å². The summed E-state index contributed by atoms with van der Waals surface area (Å²) < 4.78 is 13.6. The highest BCUT2D eigenvalue weighted by Crippen LogP contribution is 2.25. The number of amides is 1. The number of fused-ring (bicyclic) bond motifs is 1. The van der Waals surface area contributed by atoms with Crippen LogP contribution in [-0.4, -0.2) is 39.2 Å². The fourth-order valence-corrected chi connectivity index (χ4v) is 2.97. The van der Waals surface area contributed by atoms with Crippen LogP contribution in [0.15, 0.2) is 29.3 Å². The molecule has 0 aliphatic heterocycles. The minimum absolute atomic E-state index is 0.170. The molecule has 1 aromatic carbocycles. The van der Waals surface area contributed by atoms with Crippen LogP contribution >= 0.6 is 0 Å². The van der Waals surface area contributed by atoms with Crippen LogP contribution in [0.3, 0.4) is 0 Å². The van der Waals surface area contributed by atoms with E-state index in [1.54, 1.807) is 44.6 Å². The molecule has 0 radical (unpaired) electrons. The number of aromatic nitrogens is 1. The van der Waals surface area contributed by atoms with E-state index in [0.717, 1.165) is 10.9 Å². The number of aliphatic hydroxyl groups is 1. The fourth-order valence-electron chi connectivity index (χ4n) is 2.21. The topological polar surface area (TPSA) is 71.3 Å². The minimum Gasteiger partial charge on any atom is -0.392 e. The monoisotopic (exact) mass is 294 g/mol. The Morgan fingerprint density at radius 2 is 2.20 bits per heavy atom. The van der Waals surface area contributed by atoms with Gasteiger partial charge in [-0.3, -0.25) is 9.00 Å². The number of nitrogens with zero attached hydrogens (tertiary/aromatic N) is 1. The van der Waals surface area contributed by atoms with Crippen LogP contribution in [0.1, 0.15) is 17.3 Å². The number of carbonyl (C=O) groups excluding carboxylic acids is 1. The number of hydrogen-bond donors (Lipinski definition) is 2. The van der Waals surface area contributed by atoms with E-state index in [1.165, 1.54) is 0 Å². The molecule has 0 saturated carbocycles. The van der Waals surface area contributed by atoms with E-state index in [1.807, 2.05) is 4.57 Å². The maximum absolute atomic E-state index is 11.8. The number of carbonyl (C=O) groups is 1. The first kappa shape index (κ1) is 14.7. The summed E-state index contributed by atoms with van der Waals surface area (Å²) in [6.07, 6.45) is 2.88. The van der Waals surface area contributed by atoms with E-state index >= 15 is 0 Å². The van der Waals surface area contributed by atoms with Crippen LogP contribution in [-0.2, 0) is 17.3 Å². The zero-order chi connectivity index (χ0) is 14.9. The molecule has 1 heterocycles. The summed E-state index contributed by atoms with van der Waals surface area (Å²) in [6.45, 7) is 2.09. The average Bonchev–Trinajstić information content (AvgIpc) is 2.75. The molecule has 0 spiro atoms. The number of nitrogens with one attached hydrogen (secondary N) is 1. The summed E-state index contributed by atoms with van der Waals surface area (Å²) in [6, 6.07) is 5.27. The van der Waals surface area contributed by atoms with Gasteiger partial charge in [0.25, 0.3) is 5.91 Å². The van der Waals surface area contributed by atoms with Crippen LogP contribution < -0.4 is 5.32 Å². The molecule has 2 N–H and O–H groups in total. The first-order valence-corrected chi connectivity index (χ1v) is 7.86. The largest absolute Gasteiger partial charge is 0.392 e. The summed E-state index contributed by atoms with van der Waals surface area (Å²) >= 11 is 0. The predicted octanol–water partition coefficient (Wildman–Crippen LogP) is 1.12. The first-order chi connectivity index (χ1) is 9.43. The summed E-state index contributed by atoms with van der Waals surface area (Å²) in [5.41, 5.74) is 1.34. The van der Waals surface area contributed by atoms with Crippen LogP contribution in [0.2, 0.25) is 0 Å². The molecule has 0 bridgehead atoms. The molecule has 0 aliphatic rings. The molecule has 2 atom stereocenters. The van der Waals surface area contributed by atoms with Crippen molar-refractivity contribution in [1.29, 1.82) is 0 Å².